The largest absolute Gasteiger partial charge is 0.359 e. The van der Waals surface area contributed by atoms with Crippen LogP contribution in [0.4, 0.5) is 11.8 Å². The SMILES string of the molecule is CNC(=O)CCN(C)c1nc(NC)nc2sccc12. The Morgan fingerprint density at radius 2 is 2.21 bits per heavy atom. The number of aromatic nitrogens is 2. The minimum atomic E-state index is 0.0244. The molecule has 2 rings (SSSR count). The van der Waals surface area contributed by atoms with Crippen molar-refractivity contribution >= 4 is 39.2 Å². The van der Waals surface area contributed by atoms with Crippen molar-refractivity contribution in [3.63, 3.8) is 0 Å². The van der Waals surface area contributed by atoms with Gasteiger partial charge >= 0.3 is 0 Å². The first-order chi connectivity index (χ1) is 9.15. The van der Waals surface area contributed by atoms with Gasteiger partial charge in [-0.3, -0.25) is 4.79 Å². The summed E-state index contributed by atoms with van der Waals surface area (Å²) < 4.78 is 0. The molecule has 2 aromatic heterocycles. The molecule has 0 saturated heterocycles. The molecule has 2 N–H and O–H groups in total. The number of anilines is 2. The summed E-state index contributed by atoms with van der Waals surface area (Å²) in [5, 5.41) is 8.59. The van der Waals surface area contributed by atoms with Gasteiger partial charge in [-0.25, -0.2) is 4.98 Å². The number of hydrogen-bond acceptors (Lipinski definition) is 6. The van der Waals surface area contributed by atoms with Gasteiger partial charge in [0.05, 0.1) is 5.39 Å². The van der Waals surface area contributed by atoms with Gasteiger partial charge in [0, 0.05) is 34.1 Å². The summed E-state index contributed by atoms with van der Waals surface area (Å²) in [7, 11) is 5.37. The fourth-order valence-electron chi connectivity index (χ4n) is 1.74. The maximum absolute atomic E-state index is 11.3. The molecular formula is C12H17N5OS. The normalized spacial score (nSPS) is 10.5. The van der Waals surface area contributed by atoms with Crippen molar-refractivity contribution in [2.45, 2.75) is 6.42 Å². The van der Waals surface area contributed by atoms with Crippen LogP contribution in [0.2, 0.25) is 0 Å². The lowest BCUT2D eigenvalue weighted by Crippen LogP contribution is -2.27. The van der Waals surface area contributed by atoms with Crippen molar-refractivity contribution in [1.82, 2.24) is 15.3 Å². The number of hydrogen-bond donors (Lipinski definition) is 2. The summed E-state index contributed by atoms with van der Waals surface area (Å²) in [5.41, 5.74) is 0. The Kier molecular flexibility index (Phi) is 4.16. The van der Waals surface area contributed by atoms with Crippen LogP contribution in [0.15, 0.2) is 11.4 Å². The van der Waals surface area contributed by atoms with Crippen LogP contribution in [0.1, 0.15) is 6.42 Å². The molecule has 0 aliphatic carbocycles. The number of carbonyl (C=O) groups excluding carboxylic acids is 1. The highest BCUT2D eigenvalue weighted by Gasteiger charge is 2.13. The van der Waals surface area contributed by atoms with Crippen LogP contribution in [0.3, 0.4) is 0 Å². The average Bonchev–Trinajstić information content (AvgIpc) is 2.91. The van der Waals surface area contributed by atoms with E-state index in [1.54, 1.807) is 25.4 Å². The van der Waals surface area contributed by atoms with Crippen molar-refractivity contribution in [3.05, 3.63) is 11.4 Å². The second-order valence-corrected chi connectivity index (χ2v) is 5.00. The van der Waals surface area contributed by atoms with Gasteiger partial charge in [-0.1, -0.05) is 0 Å². The van der Waals surface area contributed by atoms with Gasteiger partial charge in [0.2, 0.25) is 11.9 Å². The maximum Gasteiger partial charge on any atom is 0.225 e. The van der Waals surface area contributed by atoms with Gasteiger partial charge in [0.15, 0.2) is 0 Å². The summed E-state index contributed by atoms with van der Waals surface area (Å²) >= 11 is 1.58. The van der Waals surface area contributed by atoms with Crippen molar-refractivity contribution < 1.29 is 4.79 Å². The van der Waals surface area contributed by atoms with E-state index in [-0.39, 0.29) is 5.91 Å². The Morgan fingerprint density at radius 3 is 2.89 bits per heavy atom. The molecule has 0 unspecified atom stereocenters. The van der Waals surface area contributed by atoms with Gasteiger partial charge in [-0.15, -0.1) is 11.3 Å². The minimum absolute atomic E-state index is 0.0244. The predicted octanol–water partition coefficient (Wildman–Crippen LogP) is 1.31. The first kappa shape index (κ1) is 13.5. The third-order valence-corrected chi connectivity index (χ3v) is 3.65. The lowest BCUT2D eigenvalue weighted by molar-refractivity contribution is -0.120. The topological polar surface area (TPSA) is 70.2 Å². The Balaban J connectivity index is 2.27. The highest BCUT2D eigenvalue weighted by atomic mass is 32.1. The predicted molar refractivity (Wildman–Crippen MR) is 78.9 cm³/mol. The van der Waals surface area contributed by atoms with Crippen LogP contribution >= 0.6 is 11.3 Å². The summed E-state index contributed by atoms with van der Waals surface area (Å²) in [6.45, 7) is 0.616. The molecule has 0 fully saturated rings. The first-order valence-corrected chi connectivity index (χ1v) is 6.88. The van der Waals surface area contributed by atoms with Crippen LogP contribution in [-0.4, -0.2) is 43.6 Å². The molecule has 0 saturated carbocycles. The molecule has 0 radical (unpaired) electrons. The van der Waals surface area contributed by atoms with E-state index in [9.17, 15) is 4.79 Å². The zero-order valence-electron chi connectivity index (χ0n) is 11.2. The van der Waals surface area contributed by atoms with E-state index in [0.717, 1.165) is 16.0 Å². The van der Waals surface area contributed by atoms with Gasteiger partial charge in [-0.2, -0.15) is 4.98 Å². The quantitative estimate of drug-likeness (QED) is 0.863. The molecule has 0 bridgehead atoms. The number of nitrogens with one attached hydrogen (secondary N) is 2. The smallest absolute Gasteiger partial charge is 0.225 e. The first-order valence-electron chi connectivity index (χ1n) is 6.00. The highest BCUT2D eigenvalue weighted by Crippen LogP contribution is 2.28. The van der Waals surface area contributed by atoms with Crippen LogP contribution in [0, 0.1) is 0 Å². The van der Waals surface area contributed by atoms with Gasteiger partial charge in [-0.05, 0) is 11.4 Å². The monoisotopic (exact) mass is 279 g/mol. The second-order valence-electron chi connectivity index (χ2n) is 4.10. The zero-order chi connectivity index (χ0) is 13.8. The Hall–Kier alpha value is -1.89. The summed E-state index contributed by atoms with van der Waals surface area (Å²) in [6.07, 6.45) is 0.442. The van der Waals surface area contributed by atoms with E-state index in [4.69, 9.17) is 0 Å². The van der Waals surface area contributed by atoms with E-state index >= 15 is 0 Å². The van der Waals surface area contributed by atoms with Crippen molar-refractivity contribution in [2.75, 3.05) is 37.9 Å². The third-order valence-electron chi connectivity index (χ3n) is 2.84. The van der Waals surface area contributed by atoms with E-state index in [0.29, 0.717) is 18.9 Å². The van der Waals surface area contributed by atoms with E-state index in [1.165, 1.54) is 0 Å². The van der Waals surface area contributed by atoms with E-state index in [1.807, 2.05) is 23.4 Å². The summed E-state index contributed by atoms with van der Waals surface area (Å²) in [5.74, 6) is 1.47. The number of thiophene rings is 1. The molecule has 0 aliphatic rings. The summed E-state index contributed by atoms with van der Waals surface area (Å²) in [6, 6.07) is 2.01. The zero-order valence-corrected chi connectivity index (χ0v) is 12.0. The van der Waals surface area contributed by atoms with E-state index in [2.05, 4.69) is 20.6 Å². The fraction of sp³-hybridized carbons (Fsp3) is 0.417. The number of rotatable bonds is 5. The minimum Gasteiger partial charge on any atom is -0.359 e. The Bertz CT molecular complexity index is 583. The molecule has 19 heavy (non-hydrogen) atoms. The molecule has 0 spiro atoms. The molecule has 2 heterocycles. The van der Waals surface area contributed by atoms with Crippen LogP contribution in [0.25, 0.3) is 10.2 Å². The third kappa shape index (κ3) is 2.93. The van der Waals surface area contributed by atoms with Gasteiger partial charge < -0.3 is 15.5 Å². The van der Waals surface area contributed by atoms with Crippen molar-refractivity contribution in [1.29, 1.82) is 0 Å². The standard InChI is InChI=1S/C12H17N5OS/c1-13-9(18)4-6-17(3)10-8-5-7-19-11(8)16-12(14-2)15-10/h5,7H,4,6H2,1-3H3,(H,13,18)(H,14,15,16). The molecule has 2 aromatic rings. The molecule has 6 nitrogen and oxygen atoms in total. The van der Waals surface area contributed by atoms with Gasteiger partial charge in [0.1, 0.15) is 10.6 Å². The van der Waals surface area contributed by atoms with E-state index < -0.39 is 0 Å². The lowest BCUT2D eigenvalue weighted by Gasteiger charge is -2.19. The molecule has 102 valence electrons. The number of amides is 1. The maximum atomic E-state index is 11.3. The molecule has 0 atom stereocenters. The Labute approximate surface area is 115 Å². The second kappa shape index (κ2) is 5.83. The average molecular weight is 279 g/mol. The summed E-state index contributed by atoms with van der Waals surface area (Å²) in [4.78, 5) is 23.1. The highest BCUT2D eigenvalue weighted by molar-refractivity contribution is 7.16. The van der Waals surface area contributed by atoms with Crippen LogP contribution in [-0.2, 0) is 4.79 Å². The number of fused-ring (bicyclic) bond motifs is 1. The molecule has 1 amide bonds. The van der Waals surface area contributed by atoms with Crippen LogP contribution in [0.5, 0.6) is 0 Å². The van der Waals surface area contributed by atoms with Gasteiger partial charge in [0.25, 0.3) is 0 Å². The van der Waals surface area contributed by atoms with Crippen molar-refractivity contribution in [2.24, 2.45) is 0 Å². The lowest BCUT2D eigenvalue weighted by atomic mass is 10.3. The Morgan fingerprint density at radius 1 is 1.42 bits per heavy atom. The number of nitrogens with zero attached hydrogens (tertiary/aromatic N) is 3. The van der Waals surface area contributed by atoms with Crippen molar-refractivity contribution in [3.8, 4) is 0 Å². The van der Waals surface area contributed by atoms with Crippen LogP contribution < -0.4 is 15.5 Å². The molecule has 7 heteroatoms. The molecular weight excluding hydrogens is 262 g/mol. The molecule has 0 aliphatic heterocycles. The molecule has 0 aromatic carbocycles. The fourth-order valence-corrected chi connectivity index (χ4v) is 2.50. The number of carbonyl (C=O) groups is 1.